The van der Waals surface area contributed by atoms with E-state index in [1.165, 1.54) is 18.2 Å². The molecule has 1 aliphatic rings. The summed E-state index contributed by atoms with van der Waals surface area (Å²) in [4.78, 5) is 14.9. The molecule has 0 saturated carbocycles. The number of ether oxygens (including phenoxy) is 1. The molecule has 1 aliphatic heterocycles. The average molecular weight is 437 g/mol. The Morgan fingerprint density at radius 2 is 1.87 bits per heavy atom. The van der Waals surface area contributed by atoms with Crippen molar-refractivity contribution in [2.45, 2.75) is 43.9 Å². The SMILES string of the molecule is COc1ccccc1-c1nnc(SCC(=O)N2CCCC[C@H]2C)n1Cc1ccccc1. The largest absolute Gasteiger partial charge is 0.496 e. The average Bonchev–Trinajstić information content (AvgIpc) is 3.20. The number of nitrogens with zero attached hydrogens (tertiary/aromatic N) is 4. The van der Waals surface area contributed by atoms with Gasteiger partial charge in [-0.15, -0.1) is 10.2 Å². The molecule has 0 N–H and O–H groups in total. The van der Waals surface area contributed by atoms with E-state index < -0.39 is 0 Å². The van der Waals surface area contributed by atoms with E-state index in [1.54, 1.807) is 7.11 Å². The van der Waals surface area contributed by atoms with Gasteiger partial charge in [0.05, 0.1) is 25.0 Å². The van der Waals surface area contributed by atoms with Crippen LogP contribution in [0.5, 0.6) is 5.75 Å². The summed E-state index contributed by atoms with van der Waals surface area (Å²) < 4.78 is 7.63. The molecule has 162 valence electrons. The van der Waals surface area contributed by atoms with Gasteiger partial charge in [0, 0.05) is 12.6 Å². The van der Waals surface area contributed by atoms with Crippen molar-refractivity contribution in [3.63, 3.8) is 0 Å². The smallest absolute Gasteiger partial charge is 0.233 e. The molecule has 0 spiro atoms. The second-order valence-electron chi connectivity index (χ2n) is 7.80. The van der Waals surface area contributed by atoms with Crippen molar-refractivity contribution >= 4 is 17.7 Å². The Kier molecular flexibility index (Phi) is 6.92. The number of aromatic nitrogens is 3. The molecular weight excluding hydrogens is 408 g/mol. The number of carbonyl (C=O) groups is 1. The summed E-state index contributed by atoms with van der Waals surface area (Å²) in [5, 5.41) is 9.67. The molecule has 1 fully saturated rings. The maximum absolute atomic E-state index is 12.9. The number of rotatable bonds is 7. The van der Waals surface area contributed by atoms with Crippen LogP contribution in [0.25, 0.3) is 11.4 Å². The minimum Gasteiger partial charge on any atom is -0.496 e. The van der Waals surface area contributed by atoms with Crippen LogP contribution in [-0.2, 0) is 11.3 Å². The third kappa shape index (κ3) is 4.93. The first-order valence-electron chi connectivity index (χ1n) is 10.7. The van der Waals surface area contributed by atoms with E-state index in [2.05, 4.69) is 33.8 Å². The molecule has 1 aromatic heterocycles. The Morgan fingerprint density at radius 1 is 1.10 bits per heavy atom. The quantitative estimate of drug-likeness (QED) is 0.511. The molecular formula is C24H28N4O2S. The molecule has 1 saturated heterocycles. The van der Waals surface area contributed by atoms with Crippen LogP contribution in [0.1, 0.15) is 31.7 Å². The van der Waals surface area contributed by atoms with Gasteiger partial charge in [0.1, 0.15) is 5.75 Å². The zero-order chi connectivity index (χ0) is 21.6. The Morgan fingerprint density at radius 3 is 2.65 bits per heavy atom. The number of benzene rings is 2. The fraction of sp³-hybridized carbons (Fsp3) is 0.375. The fourth-order valence-corrected chi connectivity index (χ4v) is 4.83. The van der Waals surface area contributed by atoms with Gasteiger partial charge in [-0.3, -0.25) is 9.36 Å². The first-order valence-corrected chi connectivity index (χ1v) is 11.7. The van der Waals surface area contributed by atoms with Crippen molar-refractivity contribution in [3.05, 3.63) is 60.2 Å². The molecule has 1 atom stereocenters. The van der Waals surface area contributed by atoms with E-state index in [0.29, 0.717) is 18.3 Å². The van der Waals surface area contributed by atoms with Gasteiger partial charge >= 0.3 is 0 Å². The molecule has 0 aliphatic carbocycles. The number of thioether (sulfide) groups is 1. The minimum atomic E-state index is 0.172. The predicted octanol–water partition coefficient (Wildman–Crippen LogP) is 4.50. The molecule has 0 bridgehead atoms. The van der Waals surface area contributed by atoms with Gasteiger partial charge in [-0.05, 0) is 43.9 Å². The third-order valence-electron chi connectivity index (χ3n) is 5.70. The van der Waals surface area contributed by atoms with Gasteiger partial charge in [0.2, 0.25) is 5.91 Å². The lowest BCUT2D eigenvalue weighted by atomic mass is 10.0. The second-order valence-corrected chi connectivity index (χ2v) is 8.74. The van der Waals surface area contributed by atoms with Crippen LogP contribution in [0.3, 0.4) is 0 Å². The highest BCUT2D eigenvalue weighted by atomic mass is 32.2. The lowest BCUT2D eigenvalue weighted by Gasteiger charge is -2.33. The van der Waals surface area contributed by atoms with Crippen LogP contribution in [0, 0.1) is 0 Å². The normalized spacial score (nSPS) is 16.3. The van der Waals surface area contributed by atoms with Crippen molar-refractivity contribution in [1.29, 1.82) is 0 Å². The van der Waals surface area contributed by atoms with Crippen molar-refractivity contribution in [3.8, 4) is 17.1 Å². The summed E-state index contributed by atoms with van der Waals surface area (Å²) in [5.41, 5.74) is 2.03. The Bertz CT molecular complexity index is 1020. The number of carbonyl (C=O) groups excluding carboxylic acids is 1. The summed E-state index contributed by atoms with van der Waals surface area (Å²) in [6.07, 6.45) is 3.37. The molecule has 2 heterocycles. The van der Waals surface area contributed by atoms with E-state index in [1.807, 2.05) is 47.4 Å². The molecule has 3 aromatic rings. The van der Waals surface area contributed by atoms with Gasteiger partial charge in [0.15, 0.2) is 11.0 Å². The molecule has 0 unspecified atom stereocenters. The van der Waals surface area contributed by atoms with Crippen molar-refractivity contribution in [1.82, 2.24) is 19.7 Å². The molecule has 2 aromatic carbocycles. The van der Waals surface area contributed by atoms with Crippen LogP contribution in [0.4, 0.5) is 0 Å². The van der Waals surface area contributed by atoms with Crippen molar-refractivity contribution < 1.29 is 9.53 Å². The number of amides is 1. The molecule has 4 rings (SSSR count). The standard InChI is InChI=1S/C24H28N4O2S/c1-18-10-8-9-15-27(18)22(29)17-31-24-26-25-23(20-13-6-7-14-21(20)30-2)28(24)16-19-11-4-3-5-12-19/h3-7,11-14,18H,8-10,15-17H2,1-2H3/t18-/m1/s1. The van der Waals surface area contributed by atoms with E-state index in [4.69, 9.17) is 4.74 Å². The van der Waals surface area contributed by atoms with Crippen LogP contribution < -0.4 is 4.74 Å². The molecule has 31 heavy (non-hydrogen) atoms. The van der Waals surface area contributed by atoms with Crippen LogP contribution in [-0.4, -0.2) is 51.0 Å². The maximum Gasteiger partial charge on any atom is 0.233 e. The van der Waals surface area contributed by atoms with Gasteiger partial charge in [0.25, 0.3) is 0 Å². The van der Waals surface area contributed by atoms with Crippen LogP contribution in [0.2, 0.25) is 0 Å². The van der Waals surface area contributed by atoms with Gasteiger partial charge in [-0.2, -0.15) is 0 Å². The van der Waals surface area contributed by atoms with Gasteiger partial charge in [-0.1, -0.05) is 54.2 Å². The summed E-state index contributed by atoms with van der Waals surface area (Å²) in [6.45, 7) is 3.61. The predicted molar refractivity (Wildman–Crippen MR) is 123 cm³/mol. The Hall–Kier alpha value is -2.80. The monoisotopic (exact) mass is 436 g/mol. The Labute approximate surface area is 187 Å². The summed E-state index contributed by atoms with van der Waals surface area (Å²) in [5.74, 6) is 2.02. The molecule has 1 amide bonds. The van der Waals surface area contributed by atoms with Crippen LogP contribution >= 0.6 is 11.8 Å². The first-order chi connectivity index (χ1) is 15.2. The van der Waals surface area contributed by atoms with Gasteiger partial charge < -0.3 is 9.64 Å². The maximum atomic E-state index is 12.9. The number of likely N-dealkylation sites (tertiary alicyclic amines) is 1. The summed E-state index contributed by atoms with van der Waals surface area (Å²) in [7, 11) is 1.66. The van der Waals surface area contributed by atoms with E-state index in [-0.39, 0.29) is 5.91 Å². The summed E-state index contributed by atoms with van der Waals surface area (Å²) >= 11 is 1.46. The number of hydrogen-bond acceptors (Lipinski definition) is 5. The molecule has 0 radical (unpaired) electrons. The number of piperidine rings is 1. The van der Waals surface area contributed by atoms with Crippen LogP contribution in [0.15, 0.2) is 59.8 Å². The van der Waals surface area contributed by atoms with E-state index >= 15 is 0 Å². The van der Waals surface area contributed by atoms with Crippen molar-refractivity contribution in [2.24, 2.45) is 0 Å². The highest BCUT2D eigenvalue weighted by Gasteiger charge is 2.24. The molecule has 7 heteroatoms. The minimum absolute atomic E-state index is 0.172. The highest BCUT2D eigenvalue weighted by molar-refractivity contribution is 7.99. The van der Waals surface area contributed by atoms with E-state index in [0.717, 1.165) is 47.2 Å². The first kappa shape index (κ1) is 21.4. The lowest BCUT2D eigenvalue weighted by Crippen LogP contribution is -2.43. The van der Waals surface area contributed by atoms with Gasteiger partial charge in [-0.25, -0.2) is 0 Å². The third-order valence-corrected chi connectivity index (χ3v) is 6.65. The second kappa shape index (κ2) is 10.0. The zero-order valence-corrected chi connectivity index (χ0v) is 18.8. The topological polar surface area (TPSA) is 60.3 Å². The Balaban J connectivity index is 1.61. The number of para-hydroxylation sites is 1. The number of methoxy groups -OCH3 is 1. The fourth-order valence-electron chi connectivity index (χ4n) is 4.01. The number of hydrogen-bond donors (Lipinski definition) is 0. The van der Waals surface area contributed by atoms with Crippen molar-refractivity contribution in [2.75, 3.05) is 19.4 Å². The zero-order valence-electron chi connectivity index (χ0n) is 18.0. The molecule has 6 nitrogen and oxygen atoms in total. The highest BCUT2D eigenvalue weighted by Crippen LogP contribution is 2.31. The van der Waals surface area contributed by atoms with E-state index in [9.17, 15) is 4.79 Å². The summed E-state index contributed by atoms with van der Waals surface area (Å²) in [6, 6.07) is 18.3. The lowest BCUT2D eigenvalue weighted by molar-refractivity contribution is -0.131.